The lowest BCUT2D eigenvalue weighted by atomic mass is 10.1. The normalized spacial score (nSPS) is 11.8. The van der Waals surface area contributed by atoms with Crippen molar-refractivity contribution < 1.29 is 22.7 Å². The summed E-state index contributed by atoms with van der Waals surface area (Å²) in [6.07, 6.45) is 0. The molecule has 4 rings (SSSR count). The average Bonchev–Trinajstić information content (AvgIpc) is 3.00. The number of aryl methyl sites for hydroxylation is 1. The zero-order valence-corrected chi connectivity index (χ0v) is 24.8. The van der Waals surface area contributed by atoms with Gasteiger partial charge in [-0.1, -0.05) is 66.2 Å². The number of sulfonamides is 1. The van der Waals surface area contributed by atoms with Crippen LogP contribution in [0.2, 0.25) is 0 Å². The van der Waals surface area contributed by atoms with Crippen LogP contribution in [0.3, 0.4) is 0 Å². The van der Waals surface area contributed by atoms with Gasteiger partial charge in [0.2, 0.25) is 11.8 Å². The standard InChI is InChI=1S/C33H35N3O5S/c1-4-34-33(38)26(3)35(23-27-13-11-12-25(2)22-27)32(37)24-36(42(39,40)31-16-9-6-10-17-31)28-18-20-30(21-19-28)41-29-14-7-5-8-15-29/h5-22,26H,4,23-24H2,1-3H3,(H,34,38). The topological polar surface area (TPSA) is 96.0 Å². The number of para-hydroxylation sites is 1. The number of amides is 2. The minimum absolute atomic E-state index is 0.0458. The van der Waals surface area contributed by atoms with E-state index in [1.807, 2.05) is 61.5 Å². The maximum atomic E-state index is 14.0. The van der Waals surface area contributed by atoms with Crippen LogP contribution in [0.1, 0.15) is 25.0 Å². The smallest absolute Gasteiger partial charge is 0.264 e. The van der Waals surface area contributed by atoms with Gasteiger partial charge in [0, 0.05) is 13.1 Å². The number of ether oxygens (including phenoxy) is 1. The highest BCUT2D eigenvalue weighted by Crippen LogP contribution is 2.28. The molecule has 0 radical (unpaired) electrons. The Morgan fingerprint density at radius 1 is 0.833 bits per heavy atom. The highest BCUT2D eigenvalue weighted by atomic mass is 32.2. The molecule has 1 atom stereocenters. The van der Waals surface area contributed by atoms with Crippen molar-refractivity contribution in [2.24, 2.45) is 0 Å². The molecule has 218 valence electrons. The second-order valence-electron chi connectivity index (χ2n) is 9.81. The van der Waals surface area contributed by atoms with Gasteiger partial charge in [-0.3, -0.25) is 13.9 Å². The predicted octanol–water partition coefficient (Wildman–Crippen LogP) is 5.54. The van der Waals surface area contributed by atoms with E-state index in [-0.39, 0.29) is 23.0 Å². The summed E-state index contributed by atoms with van der Waals surface area (Å²) in [5.41, 5.74) is 2.13. The van der Waals surface area contributed by atoms with Gasteiger partial charge < -0.3 is 15.0 Å². The summed E-state index contributed by atoms with van der Waals surface area (Å²) < 4.78 is 34.8. The molecule has 0 aliphatic carbocycles. The first-order valence-electron chi connectivity index (χ1n) is 13.7. The van der Waals surface area contributed by atoms with E-state index in [0.717, 1.165) is 15.4 Å². The molecule has 0 heterocycles. The molecule has 42 heavy (non-hydrogen) atoms. The number of nitrogens with zero attached hydrogens (tertiary/aromatic N) is 2. The maximum absolute atomic E-state index is 14.0. The van der Waals surface area contributed by atoms with Gasteiger partial charge in [0.25, 0.3) is 10.0 Å². The van der Waals surface area contributed by atoms with Gasteiger partial charge in [0.05, 0.1) is 10.6 Å². The molecule has 1 unspecified atom stereocenters. The Morgan fingerprint density at radius 3 is 2.07 bits per heavy atom. The fourth-order valence-electron chi connectivity index (χ4n) is 4.47. The fraction of sp³-hybridized carbons (Fsp3) is 0.212. The summed E-state index contributed by atoms with van der Waals surface area (Å²) in [5, 5.41) is 2.77. The number of hydrogen-bond acceptors (Lipinski definition) is 5. The van der Waals surface area contributed by atoms with E-state index in [4.69, 9.17) is 4.74 Å². The van der Waals surface area contributed by atoms with Gasteiger partial charge in [-0.15, -0.1) is 0 Å². The average molecular weight is 586 g/mol. The van der Waals surface area contributed by atoms with Crippen molar-refractivity contribution >= 4 is 27.5 Å². The van der Waals surface area contributed by atoms with E-state index in [1.54, 1.807) is 56.3 Å². The van der Waals surface area contributed by atoms with Gasteiger partial charge in [-0.05, 0) is 74.9 Å². The zero-order chi connectivity index (χ0) is 30.1. The molecule has 0 spiro atoms. The lowest BCUT2D eigenvalue weighted by molar-refractivity contribution is -0.139. The Morgan fingerprint density at radius 2 is 1.45 bits per heavy atom. The first kappa shape index (κ1) is 30.3. The van der Waals surface area contributed by atoms with Gasteiger partial charge in [0.1, 0.15) is 24.1 Å². The SMILES string of the molecule is CCNC(=O)C(C)N(Cc1cccc(C)c1)C(=O)CN(c1ccc(Oc2ccccc2)cc1)S(=O)(=O)c1ccccc1. The van der Waals surface area contributed by atoms with Crippen LogP contribution >= 0.6 is 0 Å². The third-order valence-corrected chi connectivity index (χ3v) is 8.46. The number of anilines is 1. The van der Waals surface area contributed by atoms with Crippen LogP contribution < -0.4 is 14.4 Å². The van der Waals surface area contributed by atoms with E-state index >= 15 is 0 Å². The van der Waals surface area contributed by atoms with Crippen LogP contribution in [0.4, 0.5) is 5.69 Å². The summed E-state index contributed by atoms with van der Waals surface area (Å²) in [6, 6.07) is 30.5. The third-order valence-electron chi connectivity index (χ3n) is 6.67. The van der Waals surface area contributed by atoms with Gasteiger partial charge in [-0.25, -0.2) is 8.42 Å². The molecule has 0 aromatic heterocycles. The molecule has 4 aromatic rings. The first-order valence-corrected chi connectivity index (χ1v) is 15.2. The van der Waals surface area contributed by atoms with Crippen LogP contribution in [-0.2, 0) is 26.2 Å². The van der Waals surface area contributed by atoms with Gasteiger partial charge in [-0.2, -0.15) is 0 Å². The van der Waals surface area contributed by atoms with Crippen molar-refractivity contribution in [3.63, 3.8) is 0 Å². The largest absolute Gasteiger partial charge is 0.457 e. The molecule has 8 nitrogen and oxygen atoms in total. The number of carbonyl (C=O) groups is 2. The third kappa shape index (κ3) is 7.55. The Hall–Kier alpha value is -4.63. The second-order valence-corrected chi connectivity index (χ2v) is 11.7. The molecule has 9 heteroatoms. The number of carbonyl (C=O) groups excluding carboxylic acids is 2. The molecular weight excluding hydrogens is 550 g/mol. The van der Waals surface area contributed by atoms with Crippen molar-refractivity contribution in [3.05, 3.63) is 120 Å². The van der Waals surface area contributed by atoms with Crippen molar-refractivity contribution in [2.75, 3.05) is 17.4 Å². The minimum atomic E-state index is -4.15. The Kier molecular flexibility index (Phi) is 9.98. The monoisotopic (exact) mass is 585 g/mol. The molecule has 0 fully saturated rings. The van der Waals surface area contributed by atoms with Crippen LogP contribution in [0.15, 0.2) is 114 Å². The lowest BCUT2D eigenvalue weighted by Gasteiger charge is -2.32. The molecule has 0 aliphatic heterocycles. The molecule has 0 aliphatic rings. The second kappa shape index (κ2) is 13.8. The number of nitrogens with one attached hydrogen (secondary N) is 1. The van der Waals surface area contributed by atoms with Gasteiger partial charge >= 0.3 is 0 Å². The predicted molar refractivity (Wildman–Crippen MR) is 164 cm³/mol. The van der Waals surface area contributed by atoms with E-state index < -0.39 is 28.5 Å². The van der Waals surface area contributed by atoms with E-state index in [1.165, 1.54) is 17.0 Å². The number of benzene rings is 4. The molecule has 0 saturated carbocycles. The summed E-state index contributed by atoms with van der Waals surface area (Å²) in [5.74, 6) is 0.317. The van der Waals surface area contributed by atoms with Crippen molar-refractivity contribution in [3.8, 4) is 11.5 Å². The van der Waals surface area contributed by atoms with Crippen molar-refractivity contribution in [2.45, 2.75) is 38.3 Å². The van der Waals surface area contributed by atoms with E-state index in [2.05, 4.69) is 5.32 Å². The number of likely N-dealkylation sites (N-methyl/N-ethyl adjacent to an activating group) is 1. The highest BCUT2D eigenvalue weighted by Gasteiger charge is 2.32. The van der Waals surface area contributed by atoms with E-state index in [9.17, 15) is 18.0 Å². The lowest BCUT2D eigenvalue weighted by Crippen LogP contribution is -2.51. The summed E-state index contributed by atoms with van der Waals surface area (Å²) in [6.45, 7) is 5.43. The molecule has 4 aromatic carbocycles. The number of hydrogen-bond donors (Lipinski definition) is 1. The molecule has 1 N–H and O–H groups in total. The molecule has 0 saturated heterocycles. The Bertz CT molecular complexity index is 1590. The Labute approximate surface area is 247 Å². The quantitative estimate of drug-likeness (QED) is 0.236. The van der Waals surface area contributed by atoms with Crippen LogP contribution in [0.25, 0.3) is 0 Å². The minimum Gasteiger partial charge on any atom is -0.457 e. The number of rotatable bonds is 12. The van der Waals surface area contributed by atoms with Crippen LogP contribution in [0.5, 0.6) is 11.5 Å². The molecule has 0 bridgehead atoms. The molecular formula is C33H35N3O5S. The van der Waals surface area contributed by atoms with Crippen LogP contribution in [0, 0.1) is 6.92 Å². The first-order chi connectivity index (χ1) is 20.2. The fourth-order valence-corrected chi connectivity index (χ4v) is 5.90. The summed E-state index contributed by atoms with van der Waals surface area (Å²) in [4.78, 5) is 28.3. The highest BCUT2D eigenvalue weighted by molar-refractivity contribution is 7.92. The van der Waals surface area contributed by atoms with E-state index in [0.29, 0.717) is 18.0 Å². The summed E-state index contributed by atoms with van der Waals surface area (Å²) >= 11 is 0. The zero-order valence-electron chi connectivity index (χ0n) is 23.9. The Balaban J connectivity index is 1.69. The summed E-state index contributed by atoms with van der Waals surface area (Å²) in [7, 11) is -4.15. The maximum Gasteiger partial charge on any atom is 0.264 e. The van der Waals surface area contributed by atoms with Crippen LogP contribution in [-0.4, -0.2) is 44.3 Å². The molecule has 2 amide bonds. The van der Waals surface area contributed by atoms with Crippen molar-refractivity contribution in [1.29, 1.82) is 0 Å². The van der Waals surface area contributed by atoms with Crippen molar-refractivity contribution in [1.82, 2.24) is 10.2 Å². The van der Waals surface area contributed by atoms with Gasteiger partial charge in [0.15, 0.2) is 0 Å².